The Bertz CT molecular complexity index is 416. The van der Waals surface area contributed by atoms with E-state index in [9.17, 15) is 4.79 Å². The summed E-state index contributed by atoms with van der Waals surface area (Å²) in [6.07, 6.45) is 1.98. The number of nitrogens with zero attached hydrogens (tertiary/aromatic N) is 4. The Morgan fingerprint density at radius 1 is 1.56 bits per heavy atom. The molecule has 0 bridgehead atoms. The molecule has 18 heavy (non-hydrogen) atoms. The molecule has 1 aromatic heterocycles. The van der Waals surface area contributed by atoms with E-state index in [4.69, 9.17) is 5.11 Å². The summed E-state index contributed by atoms with van der Waals surface area (Å²) in [6, 6.07) is 0. The van der Waals surface area contributed by atoms with E-state index in [1.807, 2.05) is 4.90 Å². The van der Waals surface area contributed by atoms with Crippen LogP contribution >= 0.6 is 0 Å². The van der Waals surface area contributed by atoms with Crippen molar-refractivity contribution < 1.29 is 9.90 Å². The largest absolute Gasteiger partial charge is 0.394 e. The van der Waals surface area contributed by atoms with Gasteiger partial charge in [-0.05, 0) is 5.92 Å². The lowest BCUT2D eigenvalue weighted by molar-refractivity contribution is -0.128. The van der Waals surface area contributed by atoms with E-state index in [1.165, 1.54) is 6.33 Å². The maximum absolute atomic E-state index is 11.9. The van der Waals surface area contributed by atoms with Crippen LogP contribution in [0.25, 0.3) is 0 Å². The normalized spacial score (nSPS) is 20.1. The second-order valence-corrected chi connectivity index (χ2v) is 5.16. The molecule has 1 aliphatic rings. The molecule has 1 unspecified atom stereocenters. The molecule has 2 heterocycles. The summed E-state index contributed by atoms with van der Waals surface area (Å²) < 4.78 is 1.69. The van der Waals surface area contributed by atoms with Crippen molar-refractivity contribution in [1.29, 1.82) is 0 Å². The Hall–Kier alpha value is -1.43. The van der Waals surface area contributed by atoms with E-state index in [2.05, 4.69) is 23.9 Å². The van der Waals surface area contributed by atoms with Crippen LogP contribution in [-0.4, -0.2) is 50.4 Å². The van der Waals surface area contributed by atoms with Gasteiger partial charge >= 0.3 is 0 Å². The maximum Gasteiger partial charge on any atom is 0.223 e. The number of rotatable bonds is 5. The lowest BCUT2D eigenvalue weighted by Gasteiger charge is -2.18. The van der Waals surface area contributed by atoms with Crippen LogP contribution in [0.2, 0.25) is 0 Å². The third-order valence-corrected chi connectivity index (χ3v) is 3.12. The number of carbonyl (C=O) groups is 1. The fourth-order valence-corrected chi connectivity index (χ4v) is 2.42. The second-order valence-electron chi connectivity index (χ2n) is 5.16. The monoisotopic (exact) mass is 252 g/mol. The van der Waals surface area contributed by atoms with Crippen LogP contribution in [0.3, 0.4) is 0 Å². The molecule has 1 N–H and O–H groups in total. The number of aliphatic hydroxyl groups is 1. The lowest BCUT2D eigenvalue weighted by Crippen LogP contribution is -2.29. The first kappa shape index (κ1) is 13.0. The first-order valence-corrected chi connectivity index (χ1v) is 6.38. The second kappa shape index (κ2) is 5.48. The van der Waals surface area contributed by atoms with E-state index in [-0.39, 0.29) is 18.4 Å². The van der Waals surface area contributed by atoms with Crippen molar-refractivity contribution in [3.8, 4) is 0 Å². The average Bonchev–Trinajstić information content (AvgIpc) is 2.86. The third-order valence-electron chi connectivity index (χ3n) is 3.12. The van der Waals surface area contributed by atoms with Crippen LogP contribution in [0.4, 0.5) is 0 Å². The van der Waals surface area contributed by atoms with E-state index in [1.54, 1.807) is 4.68 Å². The Morgan fingerprint density at radius 2 is 2.33 bits per heavy atom. The van der Waals surface area contributed by atoms with Gasteiger partial charge in [0.25, 0.3) is 0 Å². The molecule has 1 aromatic rings. The summed E-state index contributed by atoms with van der Waals surface area (Å²) in [5.41, 5.74) is 0. The molecule has 0 spiro atoms. The first-order valence-electron chi connectivity index (χ1n) is 6.38. The standard InChI is InChI=1S/C12H20N4O2/c1-9(2)6-15-7-10(5-11(15)18)12-13-8-14-16(12)3-4-17/h8-10,17H,3-7H2,1-2H3. The van der Waals surface area contributed by atoms with E-state index < -0.39 is 0 Å². The number of carbonyl (C=O) groups excluding carboxylic acids is 1. The highest BCUT2D eigenvalue weighted by Crippen LogP contribution is 2.27. The van der Waals surface area contributed by atoms with Crippen LogP contribution in [0.15, 0.2) is 6.33 Å². The van der Waals surface area contributed by atoms with Crippen molar-refractivity contribution >= 4 is 5.91 Å². The Balaban J connectivity index is 2.07. The minimum absolute atomic E-state index is 0.0345. The lowest BCUT2D eigenvalue weighted by atomic mass is 10.1. The van der Waals surface area contributed by atoms with Crippen molar-refractivity contribution in [2.75, 3.05) is 19.7 Å². The zero-order chi connectivity index (χ0) is 13.1. The van der Waals surface area contributed by atoms with Gasteiger partial charge in [-0.15, -0.1) is 0 Å². The van der Waals surface area contributed by atoms with Crippen LogP contribution < -0.4 is 0 Å². The third kappa shape index (κ3) is 2.69. The predicted octanol–water partition coefficient (Wildman–Crippen LogP) is 0.242. The molecule has 6 heteroatoms. The summed E-state index contributed by atoms with van der Waals surface area (Å²) in [5, 5.41) is 13.0. The summed E-state index contributed by atoms with van der Waals surface area (Å²) in [7, 11) is 0. The summed E-state index contributed by atoms with van der Waals surface area (Å²) >= 11 is 0. The summed E-state index contributed by atoms with van der Waals surface area (Å²) in [6.45, 7) is 6.19. The number of likely N-dealkylation sites (tertiary alicyclic amines) is 1. The summed E-state index contributed by atoms with van der Waals surface area (Å²) in [4.78, 5) is 18.0. The molecule has 1 amide bonds. The average molecular weight is 252 g/mol. The number of aliphatic hydroxyl groups excluding tert-OH is 1. The van der Waals surface area contributed by atoms with Crippen LogP contribution in [-0.2, 0) is 11.3 Å². The minimum atomic E-state index is 0.0345. The van der Waals surface area contributed by atoms with Gasteiger partial charge in [0.2, 0.25) is 5.91 Å². The molecule has 2 rings (SSSR count). The molecule has 0 aliphatic carbocycles. The highest BCUT2D eigenvalue weighted by atomic mass is 16.3. The molecule has 1 aliphatic heterocycles. The van der Waals surface area contributed by atoms with E-state index >= 15 is 0 Å². The molecule has 0 aromatic carbocycles. The molecule has 0 saturated carbocycles. The number of hydrogen-bond acceptors (Lipinski definition) is 4. The summed E-state index contributed by atoms with van der Waals surface area (Å²) in [5.74, 6) is 1.57. The Kier molecular flexibility index (Phi) is 3.96. The fraction of sp³-hybridized carbons (Fsp3) is 0.750. The smallest absolute Gasteiger partial charge is 0.223 e. The maximum atomic E-state index is 11.9. The van der Waals surface area contributed by atoms with Gasteiger partial charge in [-0.25, -0.2) is 9.67 Å². The van der Waals surface area contributed by atoms with Gasteiger partial charge < -0.3 is 10.0 Å². The van der Waals surface area contributed by atoms with Crippen LogP contribution in [0, 0.1) is 5.92 Å². The van der Waals surface area contributed by atoms with Gasteiger partial charge in [-0.2, -0.15) is 5.10 Å². The number of aromatic nitrogens is 3. The topological polar surface area (TPSA) is 71.2 Å². The Morgan fingerprint density at radius 3 is 3.00 bits per heavy atom. The molecule has 100 valence electrons. The van der Waals surface area contributed by atoms with Crippen LogP contribution in [0.1, 0.15) is 32.0 Å². The predicted molar refractivity (Wildman–Crippen MR) is 65.9 cm³/mol. The molecular weight excluding hydrogens is 232 g/mol. The van der Waals surface area contributed by atoms with Gasteiger partial charge in [0, 0.05) is 25.4 Å². The van der Waals surface area contributed by atoms with Crippen molar-refractivity contribution in [1.82, 2.24) is 19.7 Å². The van der Waals surface area contributed by atoms with Gasteiger partial charge in [-0.3, -0.25) is 4.79 Å². The fourth-order valence-electron chi connectivity index (χ4n) is 2.42. The minimum Gasteiger partial charge on any atom is -0.394 e. The van der Waals surface area contributed by atoms with Crippen molar-refractivity contribution in [3.63, 3.8) is 0 Å². The van der Waals surface area contributed by atoms with Gasteiger partial charge in [-0.1, -0.05) is 13.8 Å². The zero-order valence-corrected chi connectivity index (χ0v) is 10.9. The molecule has 1 atom stereocenters. The van der Waals surface area contributed by atoms with Gasteiger partial charge in [0.05, 0.1) is 13.2 Å². The molecule has 1 fully saturated rings. The van der Waals surface area contributed by atoms with Gasteiger partial charge in [0.1, 0.15) is 12.2 Å². The molecule has 6 nitrogen and oxygen atoms in total. The molecule has 0 radical (unpaired) electrons. The van der Waals surface area contributed by atoms with E-state index in [0.29, 0.717) is 25.4 Å². The van der Waals surface area contributed by atoms with Gasteiger partial charge in [0.15, 0.2) is 0 Å². The van der Waals surface area contributed by atoms with Crippen LogP contribution in [0.5, 0.6) is 0 Å². The van der Waals surface area contributed by atoms with Crippen molar-refractivity contribution in [2.45, 2.75) is 32.7 Å². The van der Waals surface area contributed by atoms with E-state index in [0.717, 1.165) is 12.4 Å². The molecule has 1 saturated heterocycles. The zero-order valence-electron chi connectivity index (χ0n) is 10.9. The van der Waals surface area contributed by atoms with Crippen molar-refractivity contribution in [3.05, 3.63) is 12.2 Å². The number of amides is 1. The first-order chi connectivity index (χ1) is 8.61. The number of hydrogen-bond donors (Lipinski definition) is 1. The highest BCUT2D eigenvalue weighted by Gasteiger charge is 2.33. The Labute approximate surface area is 107 Å². The van der Waals surface area contributed by atoms with Crippen molar-refractivity contribution in [2.24, 2.45) is 5.92 Å². The quantitative estimate of drug-likeness (QED) is 0.815. The SMILES string of the molecule is CC(C)CN1CC(c2ncnn2CCO)CC1=O. The molecular formula is C12H20N4O2. The highest BCUT2D eigenvalue weighted by molar-refractivity contribution is 5.79.